The van der Waals surface area contributed by atoms with Crippen LogP contribution in [0.4, 0.5) is 0 Å². The van der Waals surface area contributed by atoms with Gasteiger partial charge in [0.1, 0.15) is 0 Å². The first-order chi connectivity index (χ1) is 13.4. The Morgan fingerprint density at radius 1 is 1.17 bits per heavy atom. The van der Waals surface area contributed by atoms with Crippen LogP contribution in [-0.4, -0.2) is 33.7 Å². The minimum atomic E-state index is 0. The number of carbonyl (C=O) groups is 1. The molecule has 0 aliphatic rings. The van der Waals surface area contributed by atoms with Crippen molar-refractivity contribution < 1.29 is 4.79 Å². The number of aromatic nitrogens is 2. The van der Waals surface area contributed by atoms with Crippen molar-refractivity contribution in [3.63, 3.8) is 0 Å². The average molecular weight is 433 g/mol. The lowest BCUT2D eigenvalue weighted by Gasteiger charge is -2.17. The van der Waals surface area contributed by atoms with Crippen LogP contribution in [0.25, 0.3) is 16.9 Å². The molecule has 0 saturated heterocycles. The van der Waals surface area contributed by atoms with Crippen LogP contribution in [-0.2, 0) is 11.3 Å². The summed E-state index contributed by atoms with van der Waals surface area (Å²) in [7, 11) is 1.81. The van der Waals surface area contributed by atoms with Crippen LogP contribution < -0.4 is 5.73 Å². The summed E-state index contributed by atoms with van der Waals surface area (Å²) in [6.45, 7) is 2.39. The molecule has 0 fully saturated rings. The van der Waals surface area contributed by atoms with Gasteiger partial charge < -0.3 is 10.6 Å². The molecule has 0 aliphatic heterocycles. The van der Waals surface area contributed by atoms with Crippen molar-refractivity contribution in [2.24, 2.45) is 5.73 Å². The van der Waals surface area contributed by atoms with E-state index in [0.29, 0.717) is 24.4 Å². The van der Waals surface area contributed by atoms with Gasteiger partial charge in [0, 0.05) is 48.4 Å². The highest BCUT2D eigenvalue weighted by atomic mass is 35.5. The van der Waals surface area contributed by atoms with E-state index >= 15 is 0 Å². The number of nitrogens with two attached hydrogens (primary N) is 1. The lowest BCUT2D eigenvalue weighted by Crippen LogP contribution is -2.28. The van der Waals surface area contributed by atoms with Gasteiger partial charge in [-0.2, -0.15) is 5.10 Å². The monoisotopic (exact) mass is 432 g/mol. The van der Waals surface area contributed by atoms with Gasteiger partial charge in [0.05, 0.1) is 11.4 Å². The molecule has 0 spiro atoms. The Bertz CT molecular complexity index is 924. The van der Waals surface area contributed by atoms with Crippen LogP contribution in [0.1, 0.15) is 25.3 Å². The van der Waals surface area contributed by atoms with Crippen molar-refractivity contribution in [1.29, 1.82) is 0 Å². The lowest BCUT2D eigenvalue weighted by atomic mass is 10.1. The van der Waals surface area contributed by atoms with Gasteiger partial charge in [-0.1, -0.05) is 41.9 Å². The molecule has 7 heteroatoms. The Morgan fingerprint density at radius 2 is 1.83 bits per heavy atom. The molecular formula is C22H26Cl2N4O. The van der Waals surface area contributed by atoms with E-state index in [0.717, 1.165) is 22.5 Å². The smallest absolute Gasteiger partial charge is 0.222 e. The summed E-state index contributed by atoms with van der Waals surface area (Å²) in [5.41, 5.74) is 9.52. The van der Waals surface area contributed by atoms with Gasteiger partial charge in [-0.15, -0.1) is 12.4 Å². The summed E-state index contributed by atoms with van der Waals surface area (Å²) >= 11 is 6.04. The summed E-state index contributed by atoms with van der Waals surface area (Å²) in [5, 5.41) is 5.46. The second kappa shape index (κ2) is 10.4. The number of benzene rings is 2. The summed E-state index contributed by atoms with van der Waals surface area (Å²) in [6.07, 6.45) is 3.10. The summed E-state index contributed by atoms with van der Waals surface area (Å²) in [6, 6.07) is 17.5. The van der Waals surface area contributed by atoms with Crippen molar-refractivity contribution >= 4 is 29.9 Å². The minimum Gasteiger partial charge on any atom is -0.341 e. The second-order valence-corrected chi connectivity index (χ2v) is 7.49. The molecule has 1 amide bonds. The predicted molar refractivity (Wildman–Crippen MR) is 121 cm³/mol. The van der Waals surface area contributed by atoms with Gasteiger partial charge in [-0.05, 0) is 37.6 Å². The van der Waals surface area contributed by atoms with Crippen LogP contribution in [0.2, 0.25) is 5.02 Å². The molecule has 3 rings (SSSR count). The Morgan fingerprint density at radius 3 is 2.45 bits per heavy atom. The minimum absolute atomic E-state index is 0. The Hall–Kier alpha value is -2.34. The van der Waals surface area contributed by atoms with E-state index in [9.17, 15) is 4.79 Å². The number of para-hydroxylation sites is 1. The lowest BCUT2D eigenvalue weighted by molar-refractivity contribution is -0.130. The van der Waals surface area contributed by atoms with Crippen molar-refractivity contribution in [1.82, 2.24) is 14.7 Å². The third-order valence-electron chi connectivity index (χ3n) is 4.58. The molecule has 1 aromatic heterocycles. The molecule has 1 atom stereocenters. The SMILES string of the molecule is CC(N)CCC(=O)N(C)Cc1cn(-c2ccccc2)nc1-c1ccc(Cl)cc1.Cl. The van der Waals surface area contributed by atoms with Crippen molar-refractivity contribution in [2.45, 2.75) is 32.4 Å². The zero-order valence-corrected chi connectivity index (χ0v) is 18.2. The molecule has 0 radical (unpaired) electrons. The fraction of sp³-hybridized carbons (Fsp3) is 0.273. The standard InChI is InChI=1S/C22H25ClN4O.ClH/c1-16(24)8-13-21(28)26(2)14-18-15-27(20-6-4-3-5-7-20)25-22(18)17-9-11-19(23)12-10-17;/h3-7,9-12,15-16H,8,13-14,24H2,1-2H3;1H. The summed E-state index contributed by atoms with van der Waals surface area (Å²) < 4.78 is 1.85. The number of hydrogen-bond acceptors (Lipinski definition) is 3. The molecule has 29 heavy (non-hydrogen) atoms. The van der Waals surface area contributed by atoms with Gasteiger partial charge in [-0.25, -0.2) is 4.68 Å². The maximum absolute atomic E-state index is 12.4. The second-order valence-electron chi connectivity index (χ2n) is 7.06. The highest BCUT2D eigenvalue weighted by Crippen LogP contribution is 2.26. The van der Waals surface area contributed by atoms with Gasteiger partial charge in [0.15, 0.2) is 0 Å². The molecule has 2 N–H and O–H groups in total. The Balaban J connectivity index is 0.00000300. The third kappa shape index (κ3) is 6.07. The molecule has 0 bridgehead atoms. The molecule has 154 valence electrons. The Kier molecular flexibility index (Phi) is 8.26. The van der Waals surface area contributed by atoms with Crippen LogP contribution in [0.15, 0.2) is 60.8 Å². The molecule has 1 unspecified atom stereocenters. The largest absolute Gasteiger partial charge is 0.341 e. The van der Waals surface area contributed by atoms with Crippen LogP contribution in [0.3, 0.4) is 0 Å². The number of amides is 1. The number of carbonyl (C=O) groups excluding carboxylic acids is 1. The van der Waals surface area contributed by atoms with Crippen LogP contribution in [0.5, 0.6) is 0 Å². The number of rotatable bonds is 7. The molecule has 0 saturated carbocycles. The van der Waals surface area contributed by atoms with Gasteiger partial charge in [0.2, 0.25) is 5.91 Å². The highest BCUT2D eigenvalue weighted by molar-refractivity contribution is 6.30. The number of halogens is 2. The zero-order valence-electron chi connectivity index (χ0n) is 16.6. The molecular weight excluding hydrogens is 407 g/mol. The van der Waals surface area contributed by atoms with Crippen LogP contribution >= 0.6 is 24.0 Å². The van der Waals surface area contributed by atoms with Gasteiger partial charge in [0.25, 0.3) is 0 Å². The topological polar surface area (TPSA) is 64.2 Å². The molecule has 2 aromatic carbocycles. The molecule has 0 aliphatic carbocycles. The van der Waals surface area contributed by atoms with E-state index in [1.807, 2.05) is 79.4 Å². The first-order valence-corrected chi connectivity index (χ1v) is 9.71. The third-order valence-corrected chi connectivity index (χ3v) is 4.83. The van der Waals surface area contributed by atoms with Crippen molar-refractivity contribution in [3.05, 3.63) is 71.4 Å². The van der Waals surface area contributed by atoms with Gasteiger partial charge >= 0.3 is 0 Å². The fourth-order valence-electron chi connectivity index (χ4n) is 2.97. The maximum Gasteiger partial charge on any atom is 0.222 e. The van der Waals surface area contributed by atoms with Gasteiger partial charge in [-0.3, -0.25) is 4.79 Å². The fourth-order valence-corrected chi connectivity index (χ4v) is 3.10. The molecule has 5 nitrogen and oxygen atoms in total. The number of hydrogen-bond donors (Lipinski definition) is 1. The normalized spacial score (nSPS) is 11.6. The molecule has 3 aromatic rings. The average Bonchev–Trinajstić information content (AvgIpc) is 3.11. The van der Waals surface area contributed by atoms with E-state index in [-0.39, 0.29) is 24.4 Å². The van der Waals surface area contributed by atoms with E-state index in [1.54, 1.807) is 4.90 Å². The number of nitrogens with zero attached hydrogens (tertiary/aromatic N) is 3. The van der Waals surface area contributed by atoms with Crippen LogP contribution in [0, 0.1) is 0 Å². The van der Waals surface area contributed by atoms with E-state index in [2.05, 4.69) is 0 Å². The first kappa shape index (κ1) is 22.9. The van der Waals surface area contributed by atoms with Crippen molar-refractivity contribution in [3.8, 4) is 16.9 Å². The zero-order chi connectivity index (χ0) is 20.1. The summed E-state index contributed by atoms with van der Waals surface area (Å²) in [5.74, 6) is 0.0758. The highest BCUT2D eigenvalue weighted by Gasteiger charge is 2.17. The van der Waals surface area contributed by atoms with E-state index in [4.69, 9.17) is 22.4 Å². The van der Waals surface area contributed by atoms with E-state index in [1.165, 1.54) is 0 Å². The van der Waals surface area contributed by atoms with E-state index < -0.39 is 0 Å². The molecule has 1 heterocycles. The summed E-state index contributed by atoms with van der Waals surface area (Å²) in [4.78, 5) is 14.2. The Labute approximate surface area is 182 Å². The van der Waals surface area contributed by atoms with Crippen molar-refractivity contribution in [2.75, 3.05) is 7.05 Å². The first-order valence-electron chi connectivity index (χ1n) is 9.33. The predicted octanol–water partition coefficient (Wildman–Crippen LogP) is 4.70. The quantitative estimate of drug-likeness (QED) is 0.588. The maximum atomic E-state index is 12.4.